The second-order valence-corrected chi connectivity index (χ2v) is 7.91. The monoisotopic (exact) mass is 422 g/mol. The van der Waals surface area contributed by atoms with E-state index in [2.05, 4.69) is 15.3 Å². The van der Waals surface area contributed by atoms with Crippen molar-refractivity contribution in [1.82, 2.24) is 9.97 Å². The average molecular weight is 423 g/mol. The molecule has 0 aliphatic rings. The largest absolute Gasteiger partial charge is 0.438 e. The van der Waals surface area contributed by atoms with Crippen LogP contribution in [0.15, 0.2) is 72.4 Å². The summed E-state index contributed by atoms with van der Waals surface area (Å²) >= 11 is 13.9. The molecule has 0 atom stereocenters. The molecule has 0 aliphatic heterocycles. The molecule has 0 radical (unpaired) electrons. The number of hydrogen-bond donors (Lipinski definition) is 0. The van der Waals surface area contributed by atoms with Crippen LogP contribution in [0, 0.1) is 0 Å². The maximum atomic E-state index is 6.34. The summed E-state index contributed by atoms with van der Waals surface area (Å²) < 4.78 is 6.27. The van der Waals surface area contributed by atoms with Crippen LogP contribution in [0.1, 0.15) is 0 Å². The number of ether oxygens (including phenoxy) is 1. The van der Waals surface area contributed by atoms with Crippen molar-refractivity contribution in [3.05, 3.63) is 82.4 Å². The van der Waals surface area contributed by atoms with Crippen molar-refractivity contribution in [3.8, 4) is 22.8 Å². The van der Waals surface area contributed by atoms with Gasteiger partial charge in [-0.05, 0) is 29.8 Å². The Labute approximate surface area is 175 Å². The summed E-state index contributed by atoms with van der Waals surface area (Å²) in [5.41, 5.74) is 2.06. The molecule has 0 N–H and O–H groups in total. The maximum Gasteiger partial charge on any atom is 0.231 e. The van der Waals surface area contributed by atoms with Crippen molar-refractivity contribution in [2.24, 2.45) is 0 Å². The van der Waals surface area contributed by atoms with Crippen LogP contribution in [-0.4, -0.2) is 9.97 Å². The summed E-state index contributed by atoms with van der Waals surface area (Å²) in [6.07, 6.45) is 1.53. The van der Waals surface area contributed by atoms with Gasteiger partial charge in [0.05, 0.1) is 5.39 Å². The van der Waals surface area contributed by atoms with Gasteiger partial charge in [0.2, 0.25) is 5.88 Å². The molecule has 136 valence electrons. The zero-order valence-corrected chi connectivity index (χ0v) is 16.7. The quantitative estimate of drug-likeness (QED) is 0.300. The smallest absolute Gasteiger partial charge is 0.231 e. The van der Waals surface area contributed by atoms with E-state index in [0.29, 0.717) is 21.7 Å². The summed E-state index contributed by atoms with van der Waals surface area (Å²) in [6.45, 7) is 0. The number of rotatable bonds is 3. The van der Waals surface area contributed by atoms with E-state index in [1.807, 2.05) is 60.7 Å². The maximum absolute atomic E-state index is 6.34. The van der Waals surface area contributed by atoms with E-state index in [0.717, 1.165) is 32.1 Å². The number of nitrogens with zero attached hydrogens (tertiary/aromatic N) is 2. The van der Waals surface area contributed by atoms with Gasteiger partial charge in [-0.1, -0.05) is 59.6 Å². The number of fused-ring (bicyclic) bond motifs is 2. The molecule has 0 unspecified atom stereocenters. The zero-order valence-electron chi connectivity index (χ0n) is 14.4. The Morgan fingerprint density at radius 2 is 1.61 bits per heavy atom. The van der Waals surface area contributed by atoms with Crippen LogP contribution in [0.25, 0.3) is 32.1 Å². The lowest BCUT2D eigenvalue weighted by molar-refractivity contribution is 0.474. The van der Waals surface area contributed by atoms with Crippen LogP contribution in [0.3, 0.4) is 0 Å². The van der Waals surface area contributed by atoms with Gasteiger partial charge in [-0.15, -0.1) is 11.3 Å². The van der Waals surface area contributed by atoms with Crippen LogP contribution < -0.4 is 4.74 Å². The number of benzene rings is 3. The lowest BCUT2D eigenvalue weighted by atomic mass is 10.1. The predicted molar refractivity (Wildman–Crippen MR) is 117 cm³/mol. The molecular weight excluding hydrogens is 411 g/mol. The summed E-state index contributed by atoms with van der Waals surface area (Å²) in [5, 5.41) is 6.21. The highest BCUT2D eigenvalue weighted by molar-refractivity contribution is 7.17. The topological polar surface area (TPSA) is 35.0 Å². The number of thiophene rings is 1. The first-order valence-electron chi connectivity index (χ1n) is 8.54. The number of hydrogen-bond acceptors (Lipinski definition) is 4. The van der Waals surface area contributed by atoms with E-state index >= 15 is 0 Å². The number of aromatic nitrogens is 2. The molecule has 0 fully saturated rings. The third-order valence-corrected chi connectivity index (χ3v) is 6.00. The van der Waals surface area contributed by atoms with Crippen LogP contribution in [-0.2, 0) is 0 Å². The van der Waals surface area contributed by atoms with Gasteiger partial charge >= 0.3 is 0 Å². The normalized spacial score (nSPS) is 11.2. The van der Waals surface area contributed by atoms with Gasteiger partial charge in [0.15, 0.2) is 0 Å². The highest BCUT2D eigenvalue weighted by Gasteiger charge is 2.16. The van der Waals surface area contributed by atoms with Gasteiger partial charge in [-0.25, -0.2) is 9.97 Å². The Morgan fingerprint density at radius 1 is 0.821 bits per heavy atom. The SMILES string of the molecule is Clc1ccc(-c2csc3ncnc(Oc4ccc(Cl)c5ccccc45)c23)cc1. The van der Waals surface area contributed by atoms with Gasteiger partial charge in [-0.3, -0.25) is 0 Å². The molecule has 0 saturated heterocycles. The summed E-state index contributed by atoms with van der Waals surface area (Å²) in [5.74, 6) is 1.22. The second-order valence-electron chi connectivity index (χ2n) is 6.21. The molecule has 0 saturated carbocycles. The fourth-order valence-electron chi connectivity index (χ4n) is 3.19. The van der Waals surface area contributed by atoms with Crippen molar-refractivity contribution in [2.45, 2.75) is 0 Å². The lowest BCUT2D eigenvalue weighted by Crippen LogP contribution is -1.92. The van der Waals surface area contributed by atoms with Gasteiger partial charge in [0.25, 0.3) is 0 Å². The number of halogens is 2. The molecule has 6 heteroatoms. The molecule has 0 amide bonds. The third-order valence-electron chi connectivity index (χ3n) is 4.53. The van der Waals surface area contributed by atoms with E-state index in [9.17, 15) is 0 Å². The van der Waals surface area contributed by atoms with E-state index in [4.69, 9.17) is 27.9 Å². The van der Waals surface area contributed by atoms with Crippen molar-refractivity contribution in [1.29, 1.82) is 0 Å². The van der Waals surface area contributed by atoms with E-state index in [1.54, 1.807) is 11.3 Å². The summed E-state index contributed by atoms with van der Waals surface area (Å²) in [6, 6.07) is 19.3. The highest BCUT2D eigenvalue weighted by atomic mass is 35.5. The Balaban J connectivity index is 1.67. The predicted octanol–water partition coefficient (Wildman–Crippen LogP) is 7.61. The van der Waals surface area contributed by atoms with Crippen molar-refractivity contribution in [2.75, 3.05) is 0 Å². The van der Waals surface area contributed by atoms with Crippen molar-refractivity contribution in [3.63, 3.8) is 0 Å². The average Bonchev–Trinajstić information content (AvgIpc) is 3.16. The first-order chi connectivity index (χ1) is 13.7. The zero-order chi connectivity index (χ0) is 19.1. The molecule has 3 aromatic carbocycles. The molecule has 5 rings (SSSR count). The molecule has 0 aliphatic carbocycles. The van der Waals surface area contributed by atoms with E-state index in [1.165, 1.54) is 6.33 Å². The first-order valence-corrected chi connectivity index (χ1v) is 10.2. The molecule has 2 aromatic heterocycles. The third kappa shape index (κ3) is 3.00. The second kappa shape index (κ2) is 7.06. The Kier molecular flexibility index (Phi) is 4.40. The van der Waals surface area contributed by atoms with Gasteiger partial charge in [0.1, 0.15) is 16.9 Å². The fourth-order valence-corrected chi connectivity index (χ4v) is 4.46. The highest BCUT2D eigenvalue weighted by Crippen LogP contribution is 2.41. The molecule has 0 bridgehead atoms. The first kappa shape index (κ1) is 17.4. The van der Waals surface area contributed by atoms with Gasteiger partial charge < -0.3 is 4.74 Å². The molecule has 28 heavy (non-hydrogen) atoms. The minimum absolute atomic E-state index is 0.517. The molecular formula is C22H12Cl2N2OS. The molecule has 5 aromatic rings. The summed E-state index contributed by atoms with van der Waals surface area (Å²) in [4.78, 5) is 9.69. The Bertz CT molecular complexity index is 1320. The van der Waals surface area contributed by atoms with E-state index in [-0.39, 0.29) is 0 Å². The van der Waals surface area contributed by atoms with Crippen LogP contribution in [0.4, 0.5) is 0 Å². The molecule has 3 nitrogen and oxygen atoms in total. The van der Waals surface area contributed by atoms with Crippen LogP contribution in [0.5, 0.6) is 11.6 Å². The van der Waals surface area contributed by atoms with Crippen molar-refractivity contribution >= 4 is 55.5 Å². The Morgan fingerprint density at radius 3 is 2.43 bits per heavy atom. The van der Waals surface area contributed by atoms with Crippen LogP contribution in [0.2, 0.25) is 10.0 Å². The standard InChI is InChI=1S/C22H12Cl2N2OS/c23-14-7-5-13(6-8-14)17-11-28-22-20(17)21(25-12-26-22)27-19-10-9-18(24)15-3-1-2-4-16(15)19/h1-12H. The van der Waals surface area contributed by atoms with Gasteiger partial charge in [-0.2, -0.15) is 0 Å². The fraction of sp³-hybridized carbons (Fsp3) is 0. The molecule has 0 spiro atoms. The molecule has 2 heterocycles. The van der Waals surface area contributed by atoms with E-state index < -0.39 is 0 Å². The van der Waals surface area contributed by atoms with Gasteiger partial charge in [0, 0.05) is 31.8 Å². The Hall–Kier alpha value is -2.66. The van der Waals surface area contributed by atoms with Crippen LogP contribution >= 0.6 is 34.5 Å². The van der Waals surface area contributed by atoms with Crippen molar-refractivity contribution < 1.29 is 4.74 Å². The minimum atomic E-state index is 0.517. The minimum Gasteiger partial charge on any atom is -0.438 e. The summed E-state index contributed by atoms with van der Waals surface area (Å²) in [7, 11) is 0. The lowest BCUT2D eigenvalue weighted by Gasteiger charge is -2.11.